The van der Waals surface area contributed by atoms with Gasteiger partial charge in [0.1, 0.15) is 0 Å². The van der Waals surface area contributed by atoms with Crippen LogP contribution in [0.1, 0.15) is 0 Å². The number of hydrogen-bond donors (Lipinski definition) is 0. The summed E-state index contributed by atoms with van der Waals surface area (Å²) >= 11 is 0. The van der Waals surface area contributed by atoms with E-state index in [9.17, 15) is 0 Å². The van der Waals surface area contributed by atoms with E-state index >= 15 is 0 Å². The van der Waals surface area contributed by atoms with Crippen LogP contribution in [0.4, 0.5) is 0 Å². The second-order valence-electron chi connectivity index (χ2n) is 11.7. The molecule has 24 heteroatoms. The molecule has 1 rings (SSSR count). The molecule has 0 atom stereocenters. The van der Waals surface area contributed by atoms with Crippen molar-refractivity contribution < 1.29 is 49.4 Å². The summed E-state index contributed by atoms with van der Waals surface area (Å²) in [5.41, 5.74) is 0. The van der Waals surface area contributed by atoms with Gasteiger partial charge in [0.15, 0.2) is 72.3 Å². The Morgan fingerprint density at radius 2 is 0.350 bits per heavy atom. The molecule has 0 N–H and O–H groups in total. The molecule has 0 aromatic rings. The zero-order valence-corrected chi connectivity index (χ0v) is 40.8. The zero-order valence-electron chi connectivity index (χ0n) is 27.5. The molecule has 0 spiro atoms. The van der Waals surface area contributed by atoms with Gasteiger partial charge in [0, 0.05) is 0 Å². The van der Waals surface area contributed by atoms with Gasteiger partial charge in [-0.25, -0.2) is 0 Å². The molecule has 1 heterocycles. The minimum absolute atomic E-state index is 1.82. The molecule has 1 aliphatic rings. The lowest BCUT2D eigenvalue weighted by Gasteiger charge is -2.49. The van der Waals surface area contributed by atoms with Crippen LogP contribution >= 0.6 is 0 Å². The van der Waals surface area contributed by atoms with Crippen molar-refractivity contribution >= 4 is 109 Å². The first-order valence-corrected chi connectivity index (χ1v) is 43.2. The van der Waals surface area contributed by atoms with Crippen LogP contribution in [0.25, 0.3) is 0 Å². The van der Waals surface area contributed by atoms with E-state index in [1.807, 2.05) is 105 Å². The Bertz CT molecular complexity index is 572. The molecule has 240 valence electrons. The van der Waals surface area contributed by atoms with Gasteiger partial charge in [-0.1, -0.05) is 0 Å². The molecular formula is C16H56O12Si12. The average molecular weight is 778 g/mol. The number of hydrogen-bond acceptors (Lipinski definition) is 12. The Kier molecular flexibility index (Phi) is 17.2. The van der Waals surface area contributed by atoms with Crippen molar-refractivity contribution in [3.8, 4) is 0 Å². The largest absolute Gasteiger partial charge is 0.646 e. The van der Waals surface area contributed by atoms with Crippen LogP contribution in [-0.2, 0) is 49.4 Å². The average Bonchev–Trinajstić information content (AvgIpc) is 2.60. The molecule has 0 aromatic heterocycles. The van der Waals surface area contributed by atoms with Gasteiger partial charge in [0.05, 0.1) is 0 Å². The summed E-state index contributed by atoms with van der Waals surface area (Å²) in [6, 6.07) is 0. The third-order valence-corrected chi connectivity index (χ3v) is 36.4. The van der Waals surface area contributed by atoms with Crippen molar-refractivity contribution in [3.05, 3.63) is 0 Å². The quantitative estimate of drug-likeness (QED) is 0.214. The highest BCUT2D eigenvalue weighted by atomic mass is 28.6. The van der Waals surface area contributed by atoms with E-state index in [-0.39, 0.29) is 0 Å². The smallest absolute Gasteiger partial charge is 0.399 e. The van der Waals surface area contributed by atoms with Crippen molar-refractivity contribution in [1.82, 2.24) is 0 Å². The Morgan fingerprint density at radius 3 is 0.425 bits per heavy atom. The van der Waals surface area contributed by atoms with Crippen molar-refractivity contribution in [2.24, 2.45) is 0 Å². The van der Waals surface area contributed by atoms with Gasteiger partial charge in [0.25, 0.3) is 0 Å². The summed E-state index contributed by atoms with van der Waals surface area (Å²) in [7, 11) is -30.7. The Morgan fingerprint density at radius 1 is 0.250 bits per heavy atom. The van der Waals surface area contributed by atoms with E-state index in [0.717, 1.165) is 0 Å². The maximum Gasteiger partial charge on any atom is 0.646 e. The molecule has 0 amide bonds. The lowest BCUT2D eigenvalue weighted by atomic mass is 11.9. The standard InChI is InChI=1S/C16H56O12Si12/c1-29(2)17-37(18-30(3)4)25-38(19-31(5)6,20-32(7)8)27-40(23-35(13)14,24-36(15)16)28-39(26-37,21-33(9)10)22-34(11)12/h29-36H,1-16H3. The van der Waals surface area contributed by atoms with Crippen LogP contribution in [0.5, 0.6) is 0 Å². The van der Waals surface area contributed by atoms with E-state index in [4.69, 9.17) is 49.4 Å². The molecule has 0 bridgehead atoms. The fourth-order valence-corrected chi connectivity index (χ4v) is 41.9. The molecule has 12 nitrogen and oxygen atoms in total. The van der Waals surface area contributed by atoms with Crippen LogP contribution in [0, 0.1) is 0 Å². The van der Waals surface area contributed by atoms with E-state index in [1.54, 1.807) is 0 Å². The van der Waals surface area contributed by atoms with E-state index in [1.165, 1.54) is 0 Å². The highest BCUT2D eigenvalue weighted by Crippen LogP contribution is 2.37. The fourth-order valence-electron chi connectivity index (χ4n) is 3.50. The second-order valence-corrected chi connectivity index (χ2v) is 43.3. The van der Waals surface area contributed by atoms with E-state index in [0.29, 0.717) is 0 Å². The predicted molar refractivity (Wildman–Crippen MR) is 187 cm³/mol. The van der Waals surface area contributed by atoms with Crippen molar-refractivity contribution in [1.29, 1.82) is 0 Å². The monoisotopic (exact) mass is 776 g/mol. The lowest BCUT2D eigenvalue weighted by Crippen LogP contribution is -2.78. The molecular weight excluding hydrogens is 721 g/mol. The van der Waals surface area contributed by atoms with Gasteiger partial charge in [0.2, 0.25) is 0 Å². The molecule has 0 aromatic carbocycles. The Labute approximate surface area is 261 Å². The third kappa shape index (κ3) is 14.0. The molecule has 0 aliphatic carbocycles. The van der Waals surface area contributed by atoms with Crippen LogP contribution in [0.15, 0.2) is 0 Å². The number of rotatable bonds is 16. The summed E-state index contributed by atoms with van der Waals surface area (Å²) in [4.78, 5) is 0. The minimum Gasteiger partial charge on any atom is -0.399 e. The molecule has 1 aliphatic heterocycles. The SMILES string of the molecule is C[SiH](C)O[Si]1(O[SiH](C)C)O[Si](O[SiH](C)C)(O[SiH](C)C)O[Si](O[SiH](C)C)(O[SiH](C)C)O[Si](O[SiH](C)C)(O[SiH](C)C)O1. The predicted octanol–water partition coefficient (Wildman–Crippen LogP) is 1.81. The van der Waals surface area contributed by atoms with Gasteiger partial charge >= 0.3 is 36.2 Å². The summed E-state index contributed by atoms with van der Waals surface area (Å²) in [6.45, 7) is 32.8. The maximum absolute atomic E-state index is 6.96. The molecule has 0 saturated carbocycles. The molecule has 0 radical (unpaired) electrons. The third-order valence-electron chi connectivity index (χ3n) is 4.04. The highest BCUT2D eigenvalue weighted by molar-refractivity contribution is 6.92. The molecule has 1 fully saturated rings. The summed E-state index contributed by atoms with van der Waals surface area (Å²) in [6.07, 6.45) is 0. The highest BCUT2D eigenvalue weighted by Gasteiger charge is 2.75. The molecule has 0 unspecified atom stereocenters. The topological polar surface area (TPSA) is 111 Å². The summed E-state index contributed by atoms with van der Waals surface area (Å²) < 4.78 is 81.0. The zero-order chi connectivity index (χ0) is 31.1. The van der Waals surface area contributed by atoms with Gasteiger partial charge in [-0.15, -0.1) is 0 Å². The summed E-state index contributed by atoms with van der Waals surface area (Å²) in [5.74, 6) is 0. The first-order chi connectivity index (χ1) is 18.2. The van der Waals surface area contributed by atoms with Crippen LogP contribution in [0.2, 0.25) is 105 Å². The Hall–Kier alpha value is 2.12. The van der Waals surface area contributed by atoms with E-state index < -0.39 is 109 Å². The summed E-state index contributed by atoms with van der Waals surface area (Å²) in [5, 5.41) is 0. The van der Waals surface area contributed by atoms with Crippen LogP contribution in [0.3, 0.4) is 0 Å². The molecule has 40 heavy (non-hydrogen) atoms. The van der Waals surface area contributed by atoms with Crippen molar-refractivity contribution in [3.63, 3.8) is 0 Å². The van der Waals surface area contributed by atoms with E-state index in [2.05, 4.69) is 0 Å². The first kappa shape index (κ1) is 40.1. The second kappa shape index (κ2) is 17.2. The van der Waals surface area contributed by atoms with Gasteiger partial charge < -0.3 is 49.4 Å². The normalized spacial score (nSPS) is 21.0. The van der Waals surface area contributed by atoms with Gasteiger partial charge in [-0.2, -0.15) is 0 Å². The Balaban J connectivity index is 4.16. The van der Waals surface area contributed by atoms with Crippen molar-refractivity contribution in [2.45, 2.75) is 105 Å². The van der Waals surface area contributed by atoms with Crippen LogP contribution < -0.4 is 0 Å². The maximum atomic E-state index is 6.96. The molecule has 1 saturated heterocycles. The minimum atomic E-state index is -4.05. The lowest BCUT2D eigenvalue weighted by molar-refractivity contribution is -0.0220. The van der Waals surface area contributed by atoms with Gasteiger partial charge in [-0.3, -0.25) is 0 Å². The first-order valence-electron chi connectivity index (χ1n) is 14.4. The van der Waals surface area contributed by atoms with Crippen LogP contribution in [-0.4, -0.2) is 109 Å². The fraction of sp³-hybridized carbons (Fsp3) is 1.00. The van der Waals surface area contributed by atoms with Gasteiger partial charge in [-0.05, 0) is 105 Å². The van der Waals surface area contributed by atoms with Crippen molar-refractivity contribution in [2.75, 3.05) is 0 Å².